The van der Waals surface area contributed by atoms with E-state index in [0.29, 0.717) is 11.4 Å². The van der Waals surface area contributed by atoms with E-state index in [-0.39, 0.29) is 0 Å². The number of aliphatic imine (C=N–C) groups is 3. The quantitative estimate of drug-likeness (QED) is 0.712. The molecule has 0 saturated carbocycles. The predicted octanol–water partition coefficient (Wildman–Crippen LogP) is 4.44. The first-order valence-corrected chi connectivity index (χ1v) is 9.80. The fourth-order valence-electron chi connectivity index (χ4n) is 3.78. The molecule has 0 fully saturated rings. The molecule has 3 aliphatic heterocycles. The van der Waals surface area contributed by atoms with Gasteiger partial charge in [-0.05, 0) is 38.0 Å². The van der Waals surface area contributed by atoms with Crippen molar-refractivity contribution in [2.75, 3.05) is 13.1 Å². The van der Waals surface area contributed by atoms with Crippen molar-refractivity contribution in [3.63, 3.8) is 0 Å². The van der Waals surface area contributed by atoms with Gasteiger partial charge in [0.2, 0.25) is 5.95 Å². The number of halogens is 1. The molecular weight excluding hydrogens is 353 g/mol. The number of hydrogen-bond donors (Lipinski definition) is 0. The standard InChI is InChI=1S/C22H24FN5/c1-3-6-17-19(26-15(2)28-12-11-25-22(17)28)13-16-7-5-10-24-20(14-16)18-8-4-9-21(23)27-18/h4-5,8-10,14H,3,6-7,11-13H2,1-2H3. The van der Waals surface area contributed by atoms with Crippen LogP contribution in [0.4, 0.5) is 4.39 Å². The van der Waals surface area contributed by atoms with Crippen molar-refractivity contribution in [3.05, 3.63) is 65.0 Å². The Hall–Kier alpha value is -2.89. The Morgan fingerprint density at radius 3 is 2.96 bits per heavy atom. The Balaban J connectivity index is 1.67. The van der Waals surface area contributed by atoms with Gasteiger partial charge in [-0.2, -0.15) is 4.39 Å². The van der Waals surface area contributed by atoms with Crippen LogP contribution in [-0.2, 0) is 0 Å². The molecule has 0 aliphatic carbocycles. The van der Waals surface area contributed by atoms with E-state index in [9.17, 15) is 4.39 Å². The van der Waals surface area contributed by atoms with Gasteiger partial charge in [0.1, 0.15) is 11.7 Å². The Morgan fingerprint density at radius 2 is 2.14 bits per heavy atom. The fraction of sp³-hybridized carbons (Fsp3) is 0.364. The second-order valence-corrected chi connectivity index (χ2v) is 7.12. The zero-order valence-electron chi connectivity index (χ0n) is 16.3. The van der Waals surface area contributed by atoms with Crippen LogP contribution in [0.25, 0.3) is 0 Å². The maximum atomic E-state index is 13.5. The number of fused-ring (bicyclic) bond motifs is 1. The maximum absolute atomic E-state index is 13.5. The summed E-state index contributed by atoms with van der Waals surface area (Å²) in [6.45, 7) is 5.98. The van der Waals surface area contributed by atoms with Crippen molar-refractivity contribution in [3.8, 4) is 0 Å². The topological polar surface area (TPSA) is 53.2 Å². The van der Waals surface area contributed by atoms with Crippen molar-refractivity contribution < 1.29 is 4.39 Å². The van der Waals surface area contributed by atoms with Gasteiger partial charge in [-0.3, -0.25) is 9.98 Å². The molecule has 6 heteroatoms. The molecule has 4 heterocycles. The lowest BCUT2D eigenvalue weighted by Gasteiger charge is -2.28. The van der Waals surface area contributed by atoms with E-state index in [1.165, 1.54) is 17.2 Å². The van der Waals surface area contributed by atoms with Gasteiger partial charge >= 0.3 is 0 Å². The van der Waals surface area contributed by atoms with E-state index in [1.54, 1.807) is 18.3 Å². The molecule has 4 rings (SSSR count). The van der Waals surface area contributed by atoms with Gasteiger partial charge in [0, 0.05) is 24.7 Å². The number of pyridine rings is 1. The Bertz CT molecular complexity index is 965. The van der Waals surface area contributed by atoms with Crippen LogP contribution in [0.15, 0.2) is 68.4 Å². The van der Waals surface area contributed by atoms with E-state index in [4.69, 9.17) is 9.98 Å². The summed E-state index contributed by atoms with van der Waals surface area (Å²) >= 11 is 0. The van der Waals surface area contributed by atoms with Crippen LogP contribution in [-0.4, -0.2) is 40.4 Å². The molecule has 0 bridgehead atoms. The van der Waals surface area contributed by atoms with Crippen LogP contribution in [0, 0.1) is 5.95 Å². The summed E-state index contributed by atoms with van der Waals surface area (Å²) < 4.78 is 13.5. The summed E-state index contributed by atoms with van der Waals surface area (Å²) in [6.07, 6.45) is 9.36. The summed E-state index contributed by atoms with van der Waals surface area (Å²) in [5.74, 6) is 1.61. The highest BCUT2D eigenvalue weighted by Crippen LogP contribution is 2.30. The number of rotatable bonds is 5. The van der Waals surface area contributed by atoms with Crippen LogP contribution < -0.4 is 0 Å². The Labute approximate surface area is 164 Å². The van der Waals surface area contributed by atoms with Gasteiger partial charge in [-0.1, -0.05) is 31.1 Å². The van der Waals surface area contributed by atoms with Crippen LogP contribution in [0.5, 0.6) is 0 Å². The third-order valence-electron chi connectivity index (χ3n) is 5.06. The first kappa shape index (κ1) is 18.5. The van der Waals surface area contributed by atoms with E-state index < -0.39 is 5.95 Å². The molecule has 1 aromatic heterocycles. The third kappa shape index (κ3) is 3.72. The zero-order valence-corrected chi connectivity index (χ0v) is 16.3. The number of allylic oxidation sites excluding steroid dienone is 3. The summed E-state index contributed by atoms with van der Waals surface area (Å²) in [4.78, 5) is 20.3. The molecule has 0 atom stereocenters. The molecular formula is C22H24FN5. The lowest BCUT2D eigenvalue weighted by atomic mass is 9.97. The van der Waals surface area contributed by atoms with Crippen LogP contribution in [0.2, 0.25) is 0 Å². The maximum Gasteiger partial charge on any atom is 0.213 e. The van der Waals surface area contributed by atoms with Crippen molar-refractivity contribution >= 4 is 17.4 Å². The van der Waals surface area contributed by atoms with E-state index in [2.05, 4.69) is 28.7 Å². The molecule has 5 nitrogen and oxygen atoms in total. The smallest absolute Gasteiger partial charge is 0.213 e. The van der Waals surface area contributed by atoms with E-state index >= 15 is 0 Å². The normalized spacial score (nSPS) is 19.0. The summed E-state index contributed by atoms with van der Waals surface area (Å²) in [5, 5.41) is 0. The second-order valence-electron chi connectivity index (χ2n) is 7.12. The predicted molar refractivity (Wildman–Crippen MR) is 111 cm³/mol. The monoisotopic (exact) mass is 377 g/mol. The van der Waals surface area contributed by atoms with Crippen molar-refractivity contribution in [2.45, 2.75) is 39.5 Å². The molecule has 0 aromatic carbocycles. The van der Waals surface area contributed by atoms with Gasteiger partial charge in [0.25, 0.3) is 0 Å². The van der Waals surface area contributed by atoms with Crippen LogP contribution in [0.3, 0.4) is 0 Å². The largest absolute Gasteiger partial charge is 0.313 e. The lowest BCUT2D eigenvalue weighted by Crippen LogP contribution is -2.36. The molecule has 28 heavy (non-hydrogen) atoms. The fourth-order valence-corrected chi connectivity index (χ4v) is 3.78. The number of amidine groups is 2. The lowest BCUT2D eigenvalue weighted by molar-refractivity contribution is 0.583. The molecule has 0 N–H and O–H groups in total. The molecule has 0 spiro atoms. The van der Waals surface area contributed by atoms with Gasteiger partial charge in [0.05, 0.1) is 23.6 Å². The Kier molecular flexibility index (Phi) is 5.28. The highest BCUT2D eigenvalue weighted by Gasteiger charge is 2.28. The minimum absolute atomic E-state index is 0.497. The highest BCUT2D eigenvalue weighted by atomic mass is 19.1. The second kappa shape index (κ2) is 8.00. The first-order chi connectivity index (χ1) is 13.7. The Morgan fingerprint density at radius 1 is 1.25 bits per heavy atom. The molecule has 144 valence electrons. The average Bonchev–Trinajstić information content (AvgIpc) is 3.06. The summed E-state index contributed by atoms with van der Waals surface area (Å²) in [5.41, 5.74) is 4.75. The van der Waals surface area contributed by atoms with Crippen molar-refractivity contribution in [1.29, 1.82) is 0 Å². The van der Waals surface area contributed by atoms with Gasteiger partial charge < -0.3 is 4.90 Å². The third-order valence-corrected chi connectivity index (χ3v) is 5.06. The molecule has 0 unspecified atom stereocenters. The highest BCUT2D eigenvalue weighted by molar-refractivity contribution is 6.12. The number of hydrogen-bond acceptors (Lipinski definition) is 5. The van der Waals surface area contributed by atoms with Gasteiger partial charge in [0.15, 0.2) is 0 Å². The first-order valence-electron chi connectivity index (χ1n) is 9.80. The molecule has 3 aliphatic rings. The van der Waals surface area contributed by atoms with E-state index in [1.807, 2.05) is 12.2 Å². The number of aromatic nitrogens is 1. The van der Waals surface area contributed by atoms with Crippen LogP contribution in [0.1, 0.15) is 45.2 Å². The summed E-state index contributed by atoms with van der Waals surface area (Å²) in [7, 11) is 0. The molecule has 0 radical (unpaired) electrons. The average molecular weight is 377 g/mol. The minimum Gasteiger partial charge on any atom is -0.313 e. The summed E-state index contributed by atoms with van der Waals surface area (Å²) in [6, 6.07) is 4.79. The molecule has 0 amide bonds. The van der Waals surface area contributed by atoms with Crippen molar-refractivity contribution in [1.82, 2.24) is 9.88 Å². The van der Waals surface area contributed by atoms with E-state index in [0.717, 1.165) is 56.1 Å². The van der Waals surface area contributed by atoms with Gasteiger partial charge in [-0.15, -0.1) is 0 Å². The minimum atomic E-state index is -0.497. The van der Waals surface area contributed by atoms with Gasteiger partial charge in [-0.25, -0.2) is 9.98 Å². The molecule has 0 saturated heterocycles. The zero-order chi connectivity index (χ0) is 19.5. The molecule has 1 aromatic rings. The SMILES string of the molecule is CCCC1=C(CC2=CC(c3cccc(F)n3)=NC=CC2)N=C(C)N2CCN=C12. The number of nitrogens with zero attached hydrogens (tertiary/aromatic N) is 5. The van der Waals surface area contributed by atoms with Crippen LogP contribution >= 0.6 is 0 Å². The van der Waals surface area contributed by atoms with Crippen molar-refractivity contribution in [2.24, 2.45) is 15.0 Å².